The smallest absolute Gasteiger partial charge is 0.328 e. The molecule has 14 heteroatoms. The van der Waals surface area contributed by atoms with Crippen molar-refractivity contribution in [1.29, 1.82) is 0 Å². The number of carboxylic acid groups (broad SMARTS) is 1. The number of amides is 2. The Balaban J connectivity index is 1.68. The minimum absolute atomic E-state index is 0.0220. The molecule has 12 nitrogen and oxygen atoms in total. The number of para-hydroxylation sites is 1. The van der Waals surface area contributed by atoms with Gasteiger partial charge >= 0.3 is 5.97 Å². The van der Waals surface area contributed by atoms with Gasteiger partial charge in [-0.1, -0.05) is 88.1 Å². The first-order valence-electron chi connectivity index (χ1n) is 17.1. The van der Waals surface area contributed by atoms with Crippen LogP contribution in [0.3, 0.4) is 0 Å². The van der Waals surface area contributed by atoms with Gasteiger partial charge in [0.25, 0.3) is 5.91 Å². The zero-order chi connectivity index (χ0) is 37.2. The lowest BCUT2D eigenvalue weighted by Gasteiger charge is -2.37. The SMILES string of the molecule is CCCCC1(CCCC)CN(c2ccccc2)c2cc(SC)c(OCC(=O)N[C@@H](C(=O)N[C@H](C(=O)O)[C@H](C)O)c3ccccc3)cc2S(=O)(=O)N1. The number of anilines is 2. The number of aliphatic hydroxyl groups is 1. The highest BCUT2D eigenvalue weighted by Crippen LogP contribution is 2.44. The van der Waals surface area contributed by atoms with Gasteiger partial charge in [0.05, 0.1) is 22.2 Å². The molecule has 0 saturated carbocycles. The van der Waals surface area contributed by atoms with E-state index in [-0.39, 0.29) is 10.6 Å². The highest BCUT2D eigenvalue weighted by atomic mass is 32.2. The first-order chi connectivity index (χ1) is 24.3. The number of nitrogens with one attached hydrogen (secondary N) is 3. The van der Waals surface area contributed by atoms with Gasteiger partial charge in [0.1, 0.15) is 16.7 Å². The van der Waals surface area contributed by atoms with Gasteiger partial charge in [-0.15, -0.1) is 11.8 Å². The number of sulfonamides is 1. The standard InChI is InChI=1S/C37H48N4O8S2/c1-5-7-19-37(20-8-6-2)24-41(27-17-13-10-14-18-27)28-21-30(50-4)29(22-31(28)51(47,48)40-37)49-23-32(43)38-34(26-15-11-9-12-16-26)35(44)39-33(25(3)42)36(45)46/h9-18,21-22,25,33-34,40,42H,5-8,19-20,23-24H2,1-4H3,(H,38,43)(H,39,44)(H,45,46)/t25-,33-,34+/m0/s1. The first kappa shape index (κ1) is 39.7. The molecule has 3 atom stereocenters. The van der Waals surface area contributed by atoms with E-state index < -0.39 is 58.1 Å². The summed E-state index contributed by atoms with van der Waals surface area (Å²) >= 11 is 1.34. The van der Waals surface area contributed by atoms with Crippen LogP contribution >= 0.6 is 11.8 Å². The number of nitrogens with zero attached hydrogens (tertiary/aromatic N) is 1. The van der Waals surface area contributed by atoms with Crippen LogP contribution < -0.4 is 25.0 Å². The zero-order valence-corrected chi connectivity index (χ0v) is 31.1. The van der Waals surface area contributed by atoms with E-state index in [9.17, 15) is 33.0 Å². The normalized spacial score (nSPS) is 16.5. The van der Waals surface area contributed by atoms with Crippen molar-refractivity contribution in [1.82, 2.24) is 15.4 Å². The number of aliphatic hydroxyl groups excluding tert-OH is 1. The van der Waals surface area contributed by atoms with Crippen LogP contribution in [0, 0.1) is 0 Å². The number of fused-ring (bicyclic) bond motifs is 1. The molecule has 3 aromatic carbocycles. The Kier molecular flexibility index (Phi) is 13.9. The summed E-state index contributed by atoms with van der Waals surface area (Å²) in [4.78, 5) is 40.9. The number of carbonyl (C=O) groups is 3. The van der Waals surface area contributed by atoms with Crippen molar-refractivity contribution in [2.75, 3.05) is 24.3 Å². The number of thioether (sulfide) groups is 1. The lowest BCUT2D eigenvalue weighted by molar-refractivity contribution is -0.145. The van der Waals surface area contributed by atoms with Crippen LogP contribution in [-0.4, -0.2) is 73.5 Å². The van der Waals surface area contributed by atoms with Crippen LogP contribution in [0.15, 0.2) is 82.6 Å². The van der Waals surface area contributed by atoms with Gasteiger partial charge in [0.15, 0.2) is 12.6 Å². The maximum absolute atomic E-state index is 14.3. The molecule has 1 aliphatic heterocycles. The van der Waals surface area contributed by atoms with Crippen molar-refractivity contribution in [3.05, 3.63) is 78.4 Å². The number of rotatable bonds is 17. The maximum atomic E-state index is 14.3. The molecular formula is C37H48N4O8S2. The van der Waals surface area contributed by atoms with Crippen LogP contribution in [0.2, 0.25) is 0 Å². The van der Waals surface area contributed by atoms with E-state index in [2.05, 4.69) is 34.1 Å². The molecule has 3 aromatic rings. The van der Waals surface area contributed by atoms with Crippen molar-refractivity contribution in [2.24, 2.45) is 0 Å². The van der Waals surface area contributed by atoms with Gasteiger partial charge in [-0.3, -0.25) is 9.59 Å². The molecule has 0 fully saturated rings. The highest BCUT2D eigenvalue weighted by molar-refractivity contribution is 7.98. The molecule has 0 bridgehead atoms. The average molecular weight is 741 g/mol. The summed E-state index contributed by atoms with van der Waals surface area (Å²) in [7, 11) is -4.07. The monoisotopic (exact) mass is 740 g/mol. The van der Waals surface area contributed by atoms with E-state index in [0.29, 0.717) is 35.5 Å². The van der Waals surface area contributed by atoms with Crippen LogP contribution in [0.4, 0.5) is 11.4 Å². The predicted octanol–water partition coefficient (Wildman–Crippen LogP) is 5.14. The minimum atomic E-state index is -4.07. The van der Waals surface area contributed by atoms with E-state index in [1.54, 1.807) is 36.4 Å². The molecule has 1 heterocycles. The van der Waals surface area contributed by atoms with Crippen LogP contribution in [0.25, 0.3) is 0 Å². The fraction of sp³-hybridized carbons (Fsp3) is 0.432. The number of hydrogen-bond donors (Lipinski definition) is 5. The number of hydrogen-bond acceptors (Lipinski definition) is 9. The summed E-state index contributed by atoms with van der Waals surface area (Å²) in [5, 5.41) is 24.3. The number of carbonyl (C=O) groups excluding carboxylic acids is 2. The number of ether oxygens (including phenoxy) is 1. The van der Waals surface area contributed by atoms with E-state index in [1.807, 2.05) is 36.6 Å². The summed E-state index contributed by atoms with van der Waals surface area (Å²) < 4.78 is 37.6. The first-order valence-corrected chi connectivity index (χ1v) is 19.8. The second kappa shape index (κ2) is 17.9. The quantitative estimate of drug-likeness (QED) is 0.117. The number of unbranched alkanes of at least 4 members (excludes halogenated alkanes) is 2. The Morgan fingerprint density at radius 2 is 1.59 bits per heavy atom. The summed E-state index contributed by atoms with van der Waals surface area (Å²) in [5.74, 6) is -2.82. The fourth-order valence-corrected chi connectivity index (χ4v) is 8.36. The molecule has 0 aromatic heterocycles. The van der Waals surface area contributed by atoms with Gasteiger partial charge in [-0.05, 0) is 49.8 Å². The van der Waals surface area contributed by atoms with Gasteiger partial charge in [0.2, 0.25) is 15.9 Å². The van der Waals surface area contributed by atoms with E-state index in [4.69, 9.17) is 4.74 Å². The van der Waals surface area contributed by atoms with Gasteiger partial charge in [-0.25, -0.2) is 17.9 Å². The van der Waals surface area contributed by atoms with Gasteiger partial charge in [0, 0.05) is 18.3 Å². The molecule has 276 valence electrons. The van der Waals surface area contributed by atoms with Crippen molar-refractivity contribution in [3.8, 4) is 5.75 Å². The summed E-state index contributed by atoms with van der Waals surface area (Å²) in [6.45, 7) is 5.26. The molecular weight excluding hydrogens is 693 g/mol. The van der Waals surface area contributed by atoms with Gasteiger partial charge in [-0.2, -0.15) is 0 Å². The third kappa shape index (κ3) is 10.0. The molecule has 0 saturated heterocycles. The van der Waals surface area contributed by atoms with Crippen LogP contribution in [0.5, 0.6) is 5.75 Å². The summed E-state index contributed by atoms with van der Waals surface area (Å²) in [6, 6.07) is 18.2. The average Bonchev–Trinajstić information content (AvgIpc) is 3.21. The lowest BCUT2D eigenvalue weighted by atomic mass is 9.87. The van der Waals surface area contributed by atoms with Crippen molar-refractivity contribution in [3.63, 3.8) is 0 Å². The Hall–Kier alpha value is -4.11. The largest absolute Gasteiger partial charge is 0.483 e. The lowest BCUT2D eigenvalue weighted by Crippen LogP contribution is -2.53. The van der Waals surface area contributed by atoms with Crippen LogP contribution in [-0.2, 0) is 24.4 Å². The van der Waals surface area contributed by atoms with Crippen molar-refractivity contribution < 1.29 is 37.8 Å². The molecule has 51 heavy (non-hydrogen) atoms. The second-order valence-corrected chi connectivity index (χ2v) is 15.2. The molecule has 5 N–H and O–H groups in total. The summed E-state index contributed by atoms with van der Waals surface area (Å²) in [6.07, 6.45) is 5.29. The maximum Gasteiger partial charge on any atom is 0.328 e. The number of aliphatic carboxylic acids is 1. The van der Waals surface area contributed by atoms with Crippen molar-refractivity contribution >= 4 is 50.9 Å². The predicted molar refractivity (Wildman–Crippen MR) is 198 cm³/mol. The molecule has 0 radical (unpaired) electrons. The van der Waals surface area contributed by atoms with E-state index in [0.717, 1.165) is 31.4 Å². The van der Waals surface area contributed by atoms with Gasteiger partial charge < -0.3 is 30.5 Å². The topological polar surface area (TPSA) is 174 Å². The Bertz CT molecular complexity index is 1750. The molecule has 0 spiro atoms. The third-order valence-electron chi connectivity index (χ3n) is 8.83. The highest BCUT2D eigenvalue weighted by Gasteiger charge is 2.42. The van der Waals surface area contributed by atoms with Crippen LogP contribution in [0.1, 0.15) is 70.9 Å². The molecule has 1 aliphatic rings. The minimum Gasteiger partial charge on any atom is -0.483 e. The Labute approximate surface area is 304 Å². The Morgan fingerprint density at radius 3 is 2.14 bits per heavy atom. The summed E-state index contributed by atoms with van der Waals surface area (Å²) in [5.41, 5.74) is 0.999. The Morgan fingerprint density at radius 1 is 0.980 bits per heavy atom. The van der Waals surface area contributed by atoms with Crippen molar-refractivity contribution in [2.45, 2.75) is 92.8 Å². The number of carboxylic acids is 1. The second-order valence-electron chi connectivity index (χ2n) is 12.8. The molecule has 2 amide bonds. The molecule has 4 rings (SSSR count). The molecule has 0 unspecified atom stereocenters. The fourth-order valence-electron chi connectivity index (χ4n) is 6.16. The third-order valence-corrected chi connectivity index (χ3v) is 11.2. The zero-order valence-electron chi connectivity index (χ0n) is 29.4. The van der Waals surface area contributed by atoms with E-state index in [1.165, 1.54) is 24.8 Å². The number of benzene rings is 3. The molecule has 0 aliphatic carbocycles. The van der Waals surface area contributed by atoms with E-state index >= 15 is 0 Å².